The average Bonchev–Trinajstić information content (AvgIpc) is 2.83. The van der Waals surface area contributed by atoms with Crippen LogP contribution in [0.1, 0.15) is 64.7 Å². The average molecular weight is 268 g/mol. The predicted molar refractivity (Wildman–Crippen MR) is 77.1 cm³/mol. The highest BCUT2D eigenvalue weighted by Crippen LogP contribution is 2.25. The molecule has 0 amide bonds. The highest BCUT2D eigenvalue weighted by Gasteiger charge is 2.29. The first-order valence-electron chi connectivity index (χ1n) is 7.63. The van der Waals surface area contributed by atoms with Crippen molar-refractivity contribution in [3.63, 3.8) is 0 Å². The largest absolute Gasteiger partial charge is 0.348 e. The van der Waals surface area contributed by atoms with Crippen molar-refractivity contribution < 1.29 is 14.3 Å². The third-order valence-corrected chi connectivity index (χ3v) is 3.51. The van der Waals surface area contributed by atoms with Gasteiger partial charge in [0, 0.05) is 12.8 Å². The fourth-order valence-electron chi connectivity index (χ4n) is 2.31. The summed E-state index contributed by atoms with van der Waals surface area (Å²) in [7, 11) is 0. The first-order chi connectivity index (χ1) is 9.27. The summed E-state index contributed by atoms with van der Waals surface area (Å²) in [5.74, 6) is -0.311. The normalized spacial score (nSPS) is 18.2. The van der Waals surface area contributed by atoms with Gasteiger partial charge in [-0.3, -0.25) is 0 Å². The summed E-state index contributed by atoms with van der Waals surface area (Å²) in [4.78, 5) is 10.1. The summed E-state index contributed by atoms with van der Waals surface area (Å²) in [6.07, 6.45) is 15.3. The van der Waals surface area contributed by atoms with Gasteiger partial charge in [-0.25, -0.2) is 0 Å². The molecule has 0 unspecified atom stereocenters. The van der Waals surface area contributed by atoms with Gasteiger partial charge in [0.05, 0.1) is 13.2 Å². The van der Waals surface area contributed by atoms with Gasteiger partial charge in [-0.2, -0.15) is 0 Å². The van der Waals surface area contributed by atoms with Crippen LogP contribution in [0.4, 0.5) is 0 Å². The number of unbranched alkanes of at least 4 members (excludes halogenated alkanes) is 6. The Bertz CT molecular complexity index is 255. The third-order valence-electron chi connectivity index (χ3n) is 3.51. The van der Waals surface area contributed by atoms with Gasteiger partial charge in [-0.15, -0.1) is 0 Å². The molecule has 0 spiro atoms. The van der Waals surface area contributed by atoms with Crippen molar-refractivity contribution >= 4 is 6.29 Å². The lowest BCUT2D eigenvalue weighted by Gasteiger charge is -2.21. The molecule has 110 valence electrons. The minimum atomic E-state index is -0.311. The quantitative estimate of drug-likeness (QED) is 0.322. The Morgan fingerprint density at radius 3 is 2.11 bits per heavy atom. The monoisotopic (exact) mass is 268 g/mol. The molecule has 0 aromatic heterocycles. The lowest BCUT2D eigenvalue weighted by atomic mass is 10.1. The molecule has 3 heteroatoms. The molecule has 0 atom stereocenters. The molecule has 1 aliphatic heterocycles. The number of carbonyl (C=O) groups is 1. The van der Waals surface area contributed by atoms with Crippen LogP contribution in [0.2, 0.25) is 0 Å². The van der Waals surface area contributed by atoms with Crippen molar-refractivity contribution in [2.24, 2.45) is 0 Å². The van der Waals surface area contributed by atoms with Crippen molar-refractivity contribution in [2.45, 2.75) is 70.5 Å². The van der Waals surface area contributed by atoms with Gasteiger partial charge in [0.1, 0.15) is 6.29 Å². The third kappa shape index (κ3) is 8.17. The molecule has 1 aliphatic rings. The molecule has 1 heterocycles. The van der Waals surface area contributed by atoms with E-state index in [1.54, 1.807) is 0 Å². The van der Waals surface area contributed by atoms with Gasteiger partial charge in [0.2, 0.25) is 0 Å². The van der Waals surface area contributed by atoms with E-state index in [1.165, 1.54) is 19.3 Å². The van der Waals surface area contributed by atoms with Crippen molar-refractivity contribution in [3.8, 4) is 0 Å². The Morgan fingerprint density at radius 1 is 0.895 bits per heavy atom. The summed E-state index contributed by atoms with van der Waals surface area (Å²) >= 11 is 0. The van der Waals surface area contributed by atoms with Gasteiger partial charge in [0.15, 0.2) is 5.79 Å². The summed E-state index contributed by atoms with van der Waals surface area (Å²) < 4.78 is 11.1. The number of allylic oxidation sites excluding steroid dienone is 2. The van der Waals surface area contributed by atoms with E-state index in [4.69, 9.17) is 9.47 Å². The van der Waals surface area contributed by atoms with Crippen molar-refractivity contribution in [2.75, 3.05) is 13.2 Å². The molecule has 19 heavy (non-hydrogen) atoms. The van der Waals surface area contributed by atoms with Gasteiger partial charge in [0.25, 0.3) is 0 Å². The fraction of sp³-hybridized carbons (Fsp3) is 0.812. The van der Waals surface area contributed by atoms with Crippen LogP contribution in [0.5, 0.6) is 0 Å². The molecule has 1 saturated heterocycles. The zero-order valence-corrected chi connectivity index (χ0v) is 12.2. The second-order valence-electron chi connectivity index (χ2n) is 5.35. The van der Waals surface area contributed by atoms with Crippen LogP contribution in [-0.2, 0) is 14.3 Å². The van der Waals surface area contributed by atoms with Crippen molar-refractivity contribution in [1.82, 2.24) is 0 Å². The fourth-order valence-corrected chi connectivity index (χ4v) is 2.31. The summed E-state index contributed by atoms with van der Waals surface area (Å²) in [5, 5.41) is 0. The first kappa shape index (κ1) is 16.4. The number of ether oxygens (including phenoxy) is 2. The zero-order valence-electron chi connectivity index (χ0n) is 12.2. The maximum absolute atomic E-state index is 10.1. The molecule has 0 radical (unpaired) electrons. The maximum atomic E-state index is 10.1. The van der Waals surface area contributed by atoms with E-state index in [2.05, 4.69) is 12.2 Å². The van der Waals surface area contributed by atoms with E-state index < -0.39 is 0 Å². The topological polar surface area (TPSA) is 35.5 Å². The Hall–Kier alpha value is -0.670. The second-order valence-corrected chi connectivity index (χ2v) is 5.35. The molecule has 1 rings (SSSR count). The number of hydrogen-bond acceptors (Lipinski definition) is 3. The van der Waals surface area contributed by atoms with E-state index in [0.29, 0.717) is 6.42 Å². The lowest BCUT2D eigenvalue weighted by molar-refractivity contribution is -0.147. The van der Waals surface area contributed by atoms with Crippen LogP contribution in [0.3, 0.4) is 0 Å². The molecule has 3 nitrogen and oxygen atoms in total. The molecule has 0 aromatic carbocycles. The van der Waals surface area contributed by atoms with E-state index in [9.17, 15) is 4.79 Å². The smallest absolute Gasteiger partial charge is 0.165 e. The lowest BCUT2D eigenvalue weighted by Crippen LogP contribution is -2.24. The number of rotatable bonds is 11. The molecule has 0 N–H and O–H groups in total. The Labute approximate surface area is 117 Å². The van der Waals surface area contributed by atoms with Gasteiger partial charge in [-0.05, 0) is 45.4 Å². The molecule has 0 saturated carbocycles. The predicted octanol–water partition coefficient (Wildman–Crippen LogP) is 4.02. The SMILES string of the molecule is CC1(CCCCC/C=C\CCCCC=O)OCCO1. The maximum Gasteiger partial charge on any atom is 0.165 e. The van der Waals surface area contributed by atoms with Gasteiger partial charge >= 0.3 is 0 Å². The van der Waals surface area contributed by atoms with Gasteiger partial charge < -0.3 is 14.3 Å². The molecule has 0 bridgehead atoms. The highest BCUT2D eigenvalue weighted by atomic mass is 16.7. The van der Waals surface area contributed by atoms with Crippen LogP contribution >= 0.6 is 0 Å². The molecule has 0 aromatic rings. The number of carbonyl (C=O) groups excluding carboxylic acids is 1. The summed E-state index contributed by atoms with van der Waals surface area (Å²) in [6, 6.07) is 0. The zero-order chi connectivity index (χ0) is 13.8. The summed E-state index contributed by atoms with van der Waals surface area (Å²) in [5.41, 5.74) is 0. The highest BCUT2D eigenvalue weighted by molar-refractivity contribution is 5.48. The van der Waals surface area contributed by atoms with Crippen LogP contribution in [-0.4, -0.2) is 25.3 Å². The molecule has 1 fully saturated rings. The minimum absolute atomic E-state index is 0.311. The van der Waals surface area contributed by atoms with Crippen LogP contribution in [0.15, 0.2) is 12.2 Å². The van der Waals surface area contributed by atoms with Crippen LogP contribution in [0, 0.1) is 0 Å². The van der Waals surface area contributed by atoms with Crippen LogP contribution in [0.25, 0.3) is 0 Å². The Balaban J connectivity index is 1.85. The van der Waals surface area contributed by atoms with Crippen LogP contribution < -0.4 is 0 Å². The van der Waals surface area contributed by atoms with E-state index in [-0.39, 0.29) is 5.79 Å². The molecular weight excluding hydrogens is 240 g/mol. The van der Waals surface area contributed by atoms with E-state index >= 15 is 0 Å². The van der Waals surface area contributed by atoms with Crippen molar-refractivity contribution in [1.29, 1.82) is 0 Å². The van der Waals surface area contributed by atoms with Gasteiger partial charge in [-0.1, -0.05) is 18.6 Å². The molecule has 0 aliphatic carbocycles. The van der Waals surface area contributed by atoms with Crippen molar-refractivity contribution in [3.05, 3.63) is 12.2 Å². The Morgan fingerprint density at radius 2 is 1.47 bits per heavy atom. The Kier molecular flexibility index (Phi) is 8.76. The summed E-state index contributed by atoms with van der Waals surface area (Å²) in [6.45, 7) is 3.52. The van der Waals surface area contributed by atoms with E-state index in [1.807, 2.05) is 6.92 Å². The first-order valence-corrected chi connectivity index (χ1v) is 7.63. The van der Waals surface area contributed by atoms with E-state index in [0.717, 1.165) is 51.6 Å². The molecular formula is C16H28O3. The second kappa shape index (κ2) is 10.2. The standard InChI is InChI=1S/C16H28O3/c1-16(18-14-15-19-16)12-10-8-6-4-2-3-5-7-9-11-13-17/h2-3,13H,4-12,14-15H2,1H3/b3-2-. The minimum Gasteiger partial charge on any atom is -0.348 e. The number of aldehydes is 1. The number of hydrogen-bond donors (Lipinski definition) is 0.